The second kappa shape index (κ2) is 6.65. The topological polar surface area (TPSA) is 32.3 Å². The minimum atomic E-state index is 0.0295. The normalized spacial score (nSPS) is 17.5. The molecule has 1 aliphatic rings. The van der Waals surface area contributed by atoms with Crippen LogP contribution in [0.3, 0.4) is 0 Å². The number of amides is 1. The van der Waals surface area contributed by atoms with Gasteiger partial charge >= 0.3 is 0 Å². The highest BCUT2D eigenvalue weighted by Crippen LogP contribution is 2.23. The molecule has 0 bridgehead atoms. The summed E-state index contributed by atoms with van der Waals surface area (Å²) in [6.45, 7) is 4.83. The van der Waals surface area contributed by atoms with Crippen molar-refractivity contribution in [2.45, 2.75) is 13.3 Å². The average Bonchev–Trinajstić information content (AvgIpc) is 3.02. The third kappa shape index (κ3) is 3.48. The molecule has 2 aromatic carbocycles. The van der Waals surface area contributed by atoms with Crippen molar-refractivity contribution < 1.29 is 4.79 Å². The van der Waals surface area contributed by atoms with Crippen LogP contribution in [0.1, 0.15) is 22.3 Å². The van der Waals surface area contributed by atoms with Crippen molar-refractivity contribution in [2.75, 3.05) is 24.5 Å². The SMILES string of the molecule is Cc1cccc(C(=O)NC[C@@H]2CCN(c3ccccc3)C2)c1. The first-order valence-electron chi connectivity index (χ1n) is 7.87. The zero-order chi connectivity index (χ0) is 15.4. The Bertz CT molecular complexity index is 639. The molecule has 1 heterocycles. The first-order valence-corrected chi connectivity index (χ1v) is 7.87. The van der Waals surface area contributed by atoms with Gasteiger partial charge in [0.05, 0.1) is 0 Å². The summed E-state index contributed by atoms with van der Waals surface area (Å²) in [6.07, 6.45) is 1.13. The quantitative estimate of drug-likeness (QED) is 0.939. The standard InChI is InChI=1S/C19H22N2O/c1-15-6-5-7-17(12-15)19(22)20-13-16-10-11-21(14-16)18-8-3-2-4-9-18/h2-9,12,16H,10-11,13-14H2,1H3,(H,20,22)/t16-/m0/s1. The molecule has 1 amide bonds. The van der Waals surface area contributed by atoms with Gasteiger partial charge in [0.15, 0.2) is 0 Å². The largest absolute Gasteiger partial charge is 0.371 e. The van der Waals surface area contributed by atoms with Crippen LogP contribution in [-0.4, -0.2) is 25.5 Å². The van der Waals surface area contributed by atoms with E-state index in [1.54, 1.807) is 0 Å². The molecular formula is C19H22N2O. The number of hydrogen-bond donors (Lipinski definition) is 1. The monoisotopic (exact) mass is 294 g/mol. The fourth-order valence-corrected chi connectivity index (χ4v) is 3.00. The Morgan fingerprint density at radius 2 is 2.00 bits per heavy atom. The Hall–Kier alpha value is -2.29. The summed E-state index contributed by atoms with van der Waals surface area (Å²) >= 11 is 0. The van der Waals surface area contributed by atoms with Crippen molar-refractivity contribution in [3.8, 4) is 0 Å². The van der Waals surface area contributed by atoms with E-state index in [4.69, 9.17) is 0 Å². The molecule has 0 saturated carbocycles. The summed E-state index contributed by atoms with van der Waals surface area (Å²) in [5, 5.41) is 3.07. The molecule has 1 N–H and O–H groups in total. The van der Waals surface area contributed by atoms with Gasteiger partial charge in [-0.2, -0.15) is 0 Å². The first-order chi connectivity index (χ1) is 10.7. The lowest BCUT2D eigenvalue weighted by Gasteiger charge is -2.18. The summed E-state index contributed by atoms with van der Waals surface area (Å²) in [5.74, 6) is 0.552. The van der Waals surface area contributed by atoms with Crippen molar-refractivity contribution in [2.24, 2.45) is 5.92 Å². The molecule has 1 aliphatic heterocycles. The molecule has 1 atom stereocenters. The summed E-state index contributed by atoms with van der Waals surface area (Å²) < 4.78 is 0. The lowest BCUT2D eigenvalue weighted by atomic mass is 10.1. The van der Waals surface area contributed by atoms with Gasteiger partial charge in [-0.15, -0.1) is 0 Å². The molecule has 0 radical (unpaired) electrons. The van der Waals surface area contributed by atoms with E-state index < -0.39 is 0 Å². The number of anilines is 1. The van der Waals surface area contributed by atoms with E-state index in [2.05, 4.69) is 34.5 Å². The van der Waals surface area contributed by atoms with Gasteiger partial charge in [0.1, 0.15) is 0 Å². The minimum absolute atomic E-state index is 0.0295. The van der Waals surface area contributed by atoms with Crippen LogP contribution in [0.2, 0.25) is 0 Å². The molecule has 0 aromatic heterocycles. The first kappa shape index (κ1) is 14.6. The van der Waals surface area contributed by atoms with Gasteiger partial charge in [-0.05, 0) is 43.5 Å². The van der Waals surface area contributed by atoms with Gasteiger partial charge in [0, 0.05) is 30.9 Å². The molecule has 0 unspecified atom stereocenters. The van der Waals surface area contributed by atoms with E-state index in [1.165, 1.54) is 5.69 Å². The Kier molecular flexibility index (Phi) is 4.42. The third-order valence-electron chi connectivity index (χ3n) is 4.24. The minimum Gasteiger partial charge on any atom is -0.371 e. The van der Waals surface area contributed by atoms with Crippen molar-refractivity contribution in [3.63, 3.8) is 0 Å². The number of para-hydroxylation sites is 1. The summed E-state index contributed by atoms with van der Waals surface area (Å²) in [5.41, 5.74) is 3.14. The smallest absolute Gasteiger partial charge is 0.251 e. The fourth-order valence-electron chi connectivity index (χ4n) is 3.00. The lowest BCUT2D eigenvalue weighted by Crippen LogP contribution is -2.31. The Morgan fingerprint density at radius 1 is 1.18 bits per heavy atom. The van der Waals surface area contributed by atoms with Crippen LogP contribution in [-0.2, 0) is 0 Å². The fraction of sp³-hybridized carbons (Fsp3) is 0.316. The van der Waals surface area contributed by atoms with Crippen molar-refractivity contribution >= 4 is 11.6 Å². The number of nitrogens with one attached hydrogen (secondary N) is 1. The second-order valence-electron chi connectivity index (χ2n) is 6.02. The summed E-state index contributed by atoms with van der Waals surface area (Å²) in [7, 11) is 0. The molecular weight excluding hydrogens is 272 g/mol. The zero-order valence-corrected chi connectivity index (χ0v) is 13.0. The molecule has 22 heavy (non-hydrogen) atoms. The lowest BCUT2D eigenvalue weighted by molar-refractivity contribution is 0.0948. The van der Waals surface area contributed by atoms with Crippen LogP contribution in [0.25, 0.3) is 0 Å². The molecule has 1 saturated heterocycles. The van der Waals surface area contributed by atoms with Crippen molar-refractivity contribution in [3.05, 3.63) is 65.7 Å². The molecule has 3 rings (SSSR count). The van der Waals surface area contributed by atoms with Gasteiger partial charge in [-0.1, -0.05) is 35.9 Å². The van der Waals surface area contributed by atoms with Crippen LogP contribution < -0.4 is 10.2 Å². The number of aryl methyl sites for hydroxylation is 1. The predicted octanol–water partition coefficient (Wildman–Crippen LogP) is 3.25. The number of carbonyl (C=O) groups excluding carboxylic acids is 1. The van der Waals surface area contributed by atoms with Crippen LogP contribution in [0, 0.1) is 12.8 Å². The van der Waals surface area contributed by atoms with Crippen molar-refractivity contribution in [1.29, 1.82) is 0 Å². The zero-order valence-electron chi connectivity index (χ0n) is 13.0. The van der Waals surface area contributed by atoms with E-state index >= 15 is 0 Å². The Morgan fingerprint density at radius 3 is 2.77 bits per heavy atom. The van der Waals surface area contributed by atoms with Crippen LogP contribution in [0.4, 0.5) is 5.69 Å². The van der Waals surface area contributed by atoms with Gasteiger partial charge in [0.2, 0.25) is 0 Å². The summed E-state index contributed by atoms with van der Waals surface area (Å²) in [4.78, 5) is 14.6. The molecule has 0 aliphatic carbocycles. The molecule has 3 nitrogen and oxygen atoms in total. The number of nitrogens with zero attached hydrogens (tertiary/aromatic N) is 1. The van der Waals surface area contributed by atoms with E-state index in [0.29, 0.717) is 5.92 Å². The van der Waals surface area contributed by atoms with Gasteiger partial charge in [-0.3, -0.25) is 4.79 Å². The van der Waals surface area contributed by atoms with Crippen molar-refractivity contribution in [1.82, 2.24) is 5.32 Å². The average molecular weight is 294 g/mol. The second-order valence-corrected chi connectivity index (χ2v) is 6.02. The summed E-state index contributed by atoms with van der Waals surface area (Å²) in [6, 6.07) is 18.2. The number of hydrogen-bond acceptors (Lipinski definition) is 2. The van der Waals surface area contributed by atoms with Crippen LogP contribution in [0.15, 0.2) is 54.6 Å². The Balaban J connectivity index is 1.52. The predicted molar refractivity (Wildman–Crippen MR) is 90.3 cm³/mol. The maximum Gasteiger partial charge on any atom is 0.251 e. The van der Waals surface area contributed by atoms with E-state index in [0.717, 1.165) is 37.2 Å². The van der Waals surface area contributed by atoms with E-state index in [-0.39, 0.29) is 5.91 Å². The molecule has 3 heteroatoms. The van der Waals surface area contributed by atoms with Gasteiger partial charge in [-0.25, -0.2) is 0 Å². The molecule has 2 aromatic rings. The molecule has 1 fully saturated rings. The number of benzene rings is 2. The molecule has 114 valence electrons. The highest BCUT2D eigenvalue weighted by molar-refractivity contribution is 5.94. The van der Waals surface area contributed by atoms with Crippen LogP contribution >= 0.6 is 0 Å². The van der Waals surface area contributed by atoms with E-state index in [9.17, 15) is 4.79 Å². The van der Waals surface area contributed by atoms with Crippen LogP contribution in [0.5, 0.6) is 0 Å². The maximum atomic E-state index is 12.2. The Labute approximate surface area is 132 Å². The van der Waals surface area contributed by atoms with Gasteiger partial charge in [0.25, 0.3) is 5.91 Å². The number of rotatable bonds is 4. The highest BCUT2D eigenvalue weighted by atomic mass is 16.1. The highest BCUT2D eigenvalue weighted by Gasteiger charge is 2.23. The van der Waals surface area contributed by atoms with Gasteiger partial charge < -0.3 is 10.2 Å². The van der Waals surface area contributed by atoms with E-state index in [1.807, 2.05) is 37.3 Å². The maximum absolute atomic E-state index is 12.2. The molecule has 0 spiro atoms. The number of carbonyl (C=O) groups is 1. The third-order valence-corrected chi connectivity index (χ3v) is 4.24.